The molecule has 23 heavy (non-hydrogen) atoms. The average molecular weight is 387 g/mol. The van der Waals surface area contributed by atoms with Crippen LogP contribution in [-0.2, 0) is 4.79 Å². The maximum Gasteiger partial charge on any atom is 0.335 e. The van der Waals surface area contributed by atoms with Crippen LogP contribution in [0.15, 0.2) is 10.6 Å². The first-order valence-electron chi connectivity index (χ1n) is 8.97. The van der Waals surface area contributed by atoms with Crippen molar-refractivity contribution in [3.63, 3.8) is 0 Å². The molecule has 2 rings (SSSR count). The molecular formula is C19H31BrO3. The van der Waals surface area contributed by atoms with Gasteiger partial charge in [0.15, 0.2) is 5.60 Å². The van der Waals surface area contributed by atoms with Gasteiger partial charge >= 0.3 is 5.97 Å². The lowest BCUT2D eigenvalue weighted by Crippen LogP contribution is -2.36. The van der Waals surface area contributed by atoms with E-state index in [0.29, 0.717) is 29.6 Å². The summed E-state index contributed by atoms with van der Waals surface area (Å²) in [6, 6.07) is 0. The number of halogens is 1. The Morgan fingerprint density at radius 1 is 1.52 bits per heavy atom. The molecule has 4 heteroatoms. The fraction of sp³-hybridized carbons (Fsp3) is 0.842. The van der Waals surface area contributed by atoms with E-state index >= 15 is 0 Å². The number of hydrogen-bond acceptors (Lipinski definition) is 2. The highest BCUT2D eigenvalue weighted by Gasteiger charge is 2.50. The second-order valence-electron chi connectivity index (χ2n) is 8.23. The molecule has 2 fully saturated rings. The molecule has 0 heterocycles. The fourth-order valence-corrected chi connectivity index (χ4v) is 5.77. The highest BCUT2D eigenvalue weighted by Crippen LogP contribution is 2.60. The molecule has 5 atom stereocenters. The zero-order valence-electron chi connectivity index (χ0n) is 14.6. The first-order chi connectivity index (χ1) is 10.7. The lowest BCUT2D eigenvalue weighted by atomic mass is 9.61. The normalized spacial score (nSPS) is 36.5. The van der Waals surface area contributed by atoms with E-state index in [1.807, 2.05) is 0 Å². The summed E-state index contributed by atoms with van der Waals surface area (Å²) in [5, 5.41) is 18.9. The van der Waals surface area contributed by atoms with E-state index in [1.165, 1.54) is 39.0 Å². The van der Waals surface area contributed by atoms with E-state index in [9.17, 15) is 9.90 Å². The average Bonchev–Trinajstić information content (AvgIpc) is 2.83. The molecule has 0 aromatic carbocycles. The topological polar surface area (TPSA) is 57.5 Å². The molecule has 2 N–H and O–H groups in total. The Balaban J connectivity index is 1.95. The van der Waals surface area contributed by atoms with Gasteiger partial charge in [0.25, 0.3) is 0 Å². The molecule has 0 radical (unpaired) electrons. The Labute approximate surface area is 148 Å². The van der Waals surface area contributed by atoms with Crippen molar-refractivity contribution >= 4 is 21.9 Å². The summed E-state index contributed by atoms with van der Waals surface area (Å²) in [4.78, 5) is 13.2. The van der Waals surface area contributed by atoms with Gasteiger partial charge in [-0.1, -0.05) is 41.8 Å². The number of fused-ring (bicyclic) bond motifs is 1. The number of aliphatic carboxylic acids is 1. The molecule has 0 aliphatic heterocycles. The van der Waals surface area contributed by atoms with Crippen LogP contribution in [0.25, 0.3) is 0 Å². The minimum atomic E-state index is -1.58. The summed E-state index contributed by atoms with van der Waals surface area (Å²) in [5.74, 6) is 0.900. The number of rotatable bonds is 6. The molecule has 1 unspecified atom stereocenters. The van der Waals surface area contributed by atoms with Crippen molar-refractivity contribution in [3.05, 3.63) is 10.6 Å². The zero-order chi connectivity index (χ0) is 17.3. The molecular weight excluding hydrogens is 356 g/mol. The second-order valence-corrected chi connectivity index (χ2v) is 8.69. The standard InChI is InChI=1S/C19H31BrO3/c1-13(6-4-11-19(3,23)17(21)22)15-8-9-16-14(12-20)7-5-10-18(15,16)2/h12-13,15-16,23H,4-11H2,1-3H3,(H,21,22)/t13-,15-,16?,18+,19+/m1/s1. The lowest BCUT2D eigenvalue weighted by Gasteiger charge is -2.44. The maximum atomic E-state index is 11.0. The summed E-state index contributed by atoms with van der Waals surface area (Å²) in [5.41, 5.74) is 0.396. The van der Waals surface area contributed by atoms with E-state index in [2.05, 4.69) is 34.8 Å². The molecule has 0 amide bonds. The van der Waals surface area contributed by atoms with Crippen molar-refractivity contribution in [2.45, 2.75) is 77.7 Å². The number of carboxylic acids is 1. The first kappa shape index (κ1) is 19.0. The third kappa shape index (κ3) is 3.84. The molecule has 2 aliphatic rings. The van der Waals surface area contributed by atoms with Gasteiger partial charge in [0.2, 0.25) is 0 Å². The molecule has 0 spiro atoms. The van der Waals surface area contributed by atoms with Gasteiger partial charge in [-0.05, 0) is 80.0 Å². The number of aliphatic hydroxyl groups is 1. The number of allylic oxidation sites excluding steroid dienone is 1. The summed E-state index contributed by atoms with van der Waals surface area (Å²) in [7, 11) is 0. The summed E-state index contributed by atoms with van der Waals surface area (Å²) in [6.45, 7) is 6.19. The minimum absolute atomic E-state index is 0.339. The van der Waals surface area contributed by atoms with Crippen molar-refractivity contribution in [3.8, 4) is 0 Å². The number of carboxylic acid groups (broad SMARTS) is 1. The van der Waals surface area contributed by atoms with Gasteiger partial charge in [-0.3, -0.25) is 0 Å². The third-order valence-corrected chi connectivity index (χ3v) is 7.24. The van der Waals surface area contributed by atoms with Crippen LogP contribution in [0.2, 0.25) is 0 Å². The highest BCUT2D eigenvalue weighted by atomic mass is 79.9. The van der Waals surface area contributed by atoms with E-state index in [4.69, 9.17) is 5.11 Å². The Bertz CT molecular complexity index is 471. The maximum absolute atomic E-state index is 11.0. The Morgan fingerprint density at radius 2 is 2.22 bits per heavy atom. The fourth-order valence-electron chi connectivity index (χ4n) is 5.22. The van der Waals surface area contributed by atoms with E-state index in [-0.39, 0.29) is 0 Å². The molecule has 0 aromatic rings. The van der Waals surface area contributed by atoms with Gasteiger partial charge in [0.1, 0.15) is 0 Å². The smallest absolute Gasteiger partial charge is 0.335 e. The van der Waals surface area contributed by atoms with E-state index < -0.39 is 11.6 Å². The first-order valence-corrected chi connectivity index (χ1v) is 9.89. The van der Waals surface area contributed by atoms with Crippen molar-refractivity contribution in [1.29, 1.82) is 0 Å². The number of hydrogen-bond donors (Lipinski definition) is 2. The zero-order valence-corrected chi connectivity index (χ0v) is 16.2. The van der Waals surface area contributed by atoms with Crippen LogP contribution in [0.3, 0.4) is 0 Å². The molecule has 3 nitrogen and oxygen atoms in total. The monoisotopic (exact) mass is 386 g/mol. The van der Waals surface area contributed by atoms with Crippen LogP contribution in [0, 0.1) is 23.2 Å². The second kappa shape index (κ2) is 7.26. The SMILES string of the molecule is C[C@H](CCC[C@](C)(O)C(=O)O)[C@H]1CCC2C(=CBr)CCC[C@]21C. The van der Waals surface area contributed by atoms with Gasteiger partial charge in [-0.25, -0.2) is 4.79 Å². The Kier molecular flexibility index (Phi) is 5.99. The predicted molar refractivity (Wildman–Crippen MR) is 96.5 cm³/mol. The van der Waals surface area contributed by atoms with Gasteiger partial charge in [-0.2, -0.15) is 0 Å². The van der Waals surface area contributed by atoms with Crippen LogP contribution in [0.1, 0.15) is 72.1 Å². The highest BCUT2D eigenvalue weighted by molar-refractivity contribution is 9.11. The van der Waals surface area contributed by atoms with Gasteiger partial charge in [0, 0.05) is 0 Å². The van der Waals surface area contributed by atoms with Gasteiger partial charge < -0.3 is 10.2 Å². The largest absolute Gasteiger partial charge is 0.479 e. The van der Waals surface area contributed by atoms with Crippen LogP contribution < -0.4 is 0 Å². The minimum Gasteiger partial charge on any atom is -0.479 e. The molecule has 0 bridgehead atoms. The van der Waals surface area contributed by atoms with Crippen molar-refractivity contribution in [1.82, 2.24) is 0 Å². The summed E-state index contributed by atoms with van der Waals surface area (Å²) in [6.07, 6.45) is 8.51. The molecule has 2 saturated carbocycles. The predicted octanol–water partition coefficient (Wildman–Crippen LogP) is 5.12. The lowest BCUT2D eigenvalue weighted by molar-refractivity contribution is -0.157. The van der Waals surface area contributed by atoms with Crippen molar-refractivity contribution < 1.29 is 15.0 Å². The molecule has 132 valence electrons. The Hall–Kier alpha value is -0.350. The van der Waals surface area contributed by atoms with Crippen LogP contribution >= 0.6 is 15.9 Å². The number of carbonyl (C=O) groups is 1. The molecule has 0 aromatic heterocycles. The van der Waals surface area contributed by atoms with Gasteiger partial charge in [-0.15, -0.1) is 0 Å². The van der Waals surface area contributed by atoms with Crippen molar-refractivity contribution in [2.24, 2.45) is 23.2 Å². The van der Waals surface area contributed by atoms with Gasteiger partial charge in [0.05, 0.1) is 0 Å². The van der Waals surface area contributed by atoms with Crippen molar-refractivity contribution in [2.75, 3.05) is 0 Å². The van der Waals surface area contributed by atoms with Crippen LogP contribution in [0.4, 0.5) is 0 Å². The summed E-state index contributed by atoms with van der Waals surface area (Å²) < 4.78 is 0. The molecule has 0 saturated heterocycles. The summed E-state index contributed by atoms with van der Waals surface area (Å²) >= 11 is 3.56. The van der Waals surface area contributed by atoms with E-state index in [0.717, 1.165) is 12.8 Å². The van der Waals surface area contributed by atoms with Crippen LogP contribution in [0.5, 0.6) is 0 Å². The molecule has 2 aliphatic carbocycles. The third-order valence-electron chi connectivity index (χ3n) is 6.65. The van der Waals surface area contributed by atoms with Crippen LogP contribution in [-0.4, -0.2) is 21.8 Å². The van der Waals surface area contributed by atoms with E-state index in [1.54, 1.807) is 5.57 Å². The quantitative estimate of drug-likeness (QED) is 0.665. The Morgan fingerprint density at radius 3 is 2.83 bits per heavy atom.